The van der Waals surface area contributed by atoms with E-state index in [1.165, 1.54) is 25.7 Å². The van der Waals surface area contributed by atoms with E-state index >= 15 is 0 Å². The van der Waals surface area contributed by atoms with Crippen molar-refractivity contribution < 1.29 is 23.9 Å². The van der Waals surface area contributed by atoms with E-state index in [4.69, 9.17) is 19.4 Å². The number of nitrogens with zero attached hydrogens (tertiary/aromatic N) is 7. The Bertz CT molecular complexity index is 1090. The highest BCUT2D eigenvalue weighted by Gasteiger charge is 2.54. The minimum Gasteiger partial charge on any atom is -0.422 e. The van der Waals surface area contributed by atoms with Gasteiger partial charge in [0.15, 0.2) is 12.6 Å². The number of amides is 2. The van der Waals surface area contributed by atoms with Gasteiger partial charge >= 0.3 is 6.09 Å². The Kier molecular flexibility index (Phi) is 7.45. The van der Waals surface area contributed by atoms with Gasteiger partial charge in [-0.3, -0.25) is 9.59 Å². The highest BCUT2D eigenvalue weighted by Crippen LogP contribution is 2.37. The summed E-state index contributed by atoms with van der Waals surface area (Å²) in [6.07, 6.45) is 5.04. The van der Waals surface area contributed by atoms with E-state index in [0.717, 1.165) is 56.6 Å². The number of Topliss-reactive ketones (excluding diaryl/α,β-unsaturated/α-hetero) is 1. The van der Waals surface area contributed by atoms with Crippen molar-refractivity contribution in [1.82, 2.24) is 19.8 Å². The Morgan fingerprint density at radius 2 is 1.45 bits per heavy atom. The number of anilines is 3. The van der Waals surface area contributed by atoms with Crippen molar-refractivity contribution in [3.63, 3.8) is 0 Å². The van der Waals surface area contributed by atoms with E-state index in [0.29, 0.717) is 32.7 Å². The largest absolute Gasteiger partial charge is 0.422 e. The van der Waals surface area contributed by atoms with Gasteiger partial charge < -0.3 is 34.0 Å². The quantitative estimate of drug-likeness (QED) is 0.381. The van der Waals surface area contributed by atoms with Crippen LogP contribution < -0.4 is 14.7 Å². The van der Waals surface area contributed by atoms with Crippen molar-refractivity contribution in [3.05, 3.63) is 6.07 Å². The zero-order valence-corrected chi connectivity index (χ0v) is 23.7. The molecule has 12 nitrogen and oxygen atoms in total. The van der Waals surface area contributed by atoms with Crippen LogP contribution in [0.25, 0.3) is 0 Å². The first kappa shape index (κ1) is 27.0. The Morgan fingerprint density at radius 1 is 0.850 bits per heavy atom. The molecule has 0 aromatic carbocycles. The highest BCUT2D eigenvalue weighted by atomic mass is 16.7. The molecule has 0 radical (unpaired) electrons. The Morgan fingerprint density at radius 3 is 2.10 bits per heavy atom. The zero-order chi connectivity index (χ0) is 27.9. The van der Waals surface area contributed by atoms with Crippen LogP contribution in [0, 0.1) is 5.41 Å². The van der Waals surface area contributed by atoms with Crippen LogP contribution in [0.3, 0.4) is 0 Å². The number of piperazine rings is 1. The van der Waals surface area contributed by atoms with E-state index in [9.17, 15) is 14.4 Å². The molecule has 40 heavy (non-hydrogen) atoms. The summed E-state index contributed by atoms with van der Waals surface area (Å²) in [5.41, 5.74) is -1.13. The van der Waals surface area contributed by atoms with E-state index in [-0.39, 0.29) is 24.5 Å². The zero-order valence-electron chi connectivity index (χ0n) is 23.7. The molecule has 2 atom stereocenters. The number of ether oxygens (including phenoxy) is 2. The number of piperidine rings is 1. The van der Waals surface area contributed by atoms with Crippen LogP contribution in [0.5, 0.6) is 0 Å². The monoisotopic (exact) mass is 555 g/mol. The fourth-order valence-corrected chi connectivity index (χ4v) is 6.65. The normalized spacial score (nSPS) is 26.6. The highest BCUT2D eigenvalue weighted by molar-refractivity contribution is 6.10. The van der Waals surface area contributed by atoms with E-state index in [2.05, 4.69) is 20.8 Å². The van der Waals surface area contributed by atoms with Gasteiger partial charge in [-0.05, 0) is 52.4 Å². The Hall–Kier alpha value is -3.15. The Balaban J connectivity index is 1.04. The van der Waals surface area contributed by atoms with Crippen LogP contribution in [0.2, 0.25) is 0 Å². The minimum absolute atomic E-state index is 0.140. The number of fused-ring (bicyclic) bond motifs is 1. The van der Waals surface area contributed by atoms with Gasteiger partial charge in [0, 0.05) is 65.0 Å². The molecular weight excluding hydrogens is 514 g/mol. The van der Waals surface area contributed by atoms with Crippen LogP contribution >= 0.6 is 0 Å². The number of carbonyl (C=O) groups is 3. The standard InChI is InChI=1S/C28H41N7O5/c1-28(2)24(36)23(20-8-7-13-35(20)25(28)37)39-19-40-27(38)34-16-14-32(15-17-34)22-18-21(31-9-3-4-10-31)29-26(30-22)33-11-5-6-12-33/h18,20,23H,3-17,19H2,1-2H3. The maximum Gasteiger partial charge on any atom is 0.412 e. The molecule has 2 unspecified atom stereocenters. The second kappa shape index (κ2) is 11.0. The van der Waals surface area contributed by atoms with Crippen molar-refractivity contribution in [2.24, 2.45) is 5.41 Å². The van der Waals surface area contributed by atoms with Crippen LogP contribution in [-0.4, -0.2) is 115 Å². The third kappa shape index (κ3) is 5.06. The molecule has 1 aromatic heterocycles. The summed E-state index contributed by atoms with van der Waals surface area (Å²) in [6.45, 7) is 9.93. The molecule has 1 aromatic rings. The van der Waals surface area contributed by atoms with Crippen molar-refractivity contribution >= 4 is 35.4 Å². The summed E-state index contributed by atoms with van der Waals surface area (Å²) in [7, 11) is 0. The fourth-order valence-electron chi connectivity index (χ4n) is 6.65. The van der Waals surface area contributed by atoms with Gasteiger partial charge in [0.05, 0.1) is 6.04 Å². The molecule has 0 saturated carbocycles. The van der Waals surface area contributed by atoms with Crippen LogP contribution in [0.1, 0.15) is 52.4 Å². The summed E-state index contributed by atoms with van der Waals surface area (Å²) in [5.74, 6) is 2.32. The van der Waals surface area contributed by atoms with Crippen molar-refractivity contribution in [3.8, 4) is 0 Å². The van der Waals surface area contributed by atoms with Gasteiger partial charge in [-0.2, -0.15) is 9.97 Å². The number of aromatic nitrogens is 2. The first-order valence-corrected chi connectivity index (χ1v) is 14.9. The lowest BCUT2D eigenvalue weighted by atomic mass is 9.77. The molecule has 6 heterocycles. The summed E-state index contributed by atoms with van der Waals surface area (Å²) in [4.78, 5) is 58.7. The topological polar surface area (TPSA) is 112 Å². The molecule has 0 aliphatic carbocycles. The number of carbonyl (C=O) groups excluding carboxylic acids is 3. The first-order chi connectivity index (χ1) is 19.3. The second-order valence-electron chi connectivity index (χ2n) is 12.1. The molecule has 5 fully saturated rings. The SMILES string of the molecule is CC1(C)C(=O)C(OCOC(=O)N2CCN(c3cc(N4CCCC4)nc(N4CCCC4)n3)CC2)C2CCCN2C1=O. The van der Waals surface area contributed by atoms with E-state index in [1.807, 2.05) is 0 Å². The van der Waals surface area contributed by atoms with Crippen molar-refractivity contribution in [1.29, 1.82) is 0 Å². The summed E-state index contributed by atoms with van der Waals surface area (Å²) >= 11 is 0. The van der Waals surface area contributed by atoms with E-state index < -0.39 is 17.6 Å². The third-order valence-corrected chi connectivity index (χ3v) is 9.12. The molecule has 12 heteroatoms. The third-order valence-electron chi connectivity index (χ3n) is 9.12. The lowest BCUT2D eigenvalue weighted by molar-refractivity contribution is -0.173. The fraction of sp³-hybridized carbons (Fsp3) is 0.750. The summed E-state index contributed by atoms with van der Waals surface area (Å²) < 4.78 is 11.3. The molecule has 218 valence electrons. The minimum atomic E-state index is -1.13. The Labute approximate surface area is 235 Å². The number of hydrogen-bond donors (Lipinski definition) is 0. The molecule has 5 aliphatic heterocycles. The predicted octanol–water partition coefficient (Wildman–Crippen LogP) is 1.88. The van der Waals surface area contributed by atoms with Gasteiger partial charge in [-0.25, -0.2) is 4.79 Å². The van der Waals surface area contributed by atoms with Crippen LogP contribution in [-0.2, 0) is 19.1 Å². The molecule has 2 amide bonds. The van der Waals surface area contributed by atoms with Crippen LogP contribution in [0.15, 0.2) is 6.07 Å². The lowest BCUT2D eigenvalue weighted by Gasteiger charge is -2.42. The predicted molar refractivity (Wildman–Crippen MR) is 148 cm³/mol. The van der Waals surface area contributed by atoms with Gasteiger partial charge in [0.25, 0.3) is 0 Å². The van der Waals surface area contributed by atoms with Crippen molar-refractivity contribution in [2.75, 3.05) is 80.4 Å². The first-order valence-electron chi connectivity index (χ1n) is 14.9. The average Bonchev–Trinajstić information content (AvgIpc) is 3.77. The maximum atomic E-state index is 13.0. The lowest BCUT2D eigenvalue weighted by Crippen LogP contribution is -2.62. The molecular formula is C28H41N7O5. The number of rotatable bonds is 6. The molecule has 0 bridgehead atoms. The maximum absolute atomic E-state index is 13.0. The molecule has 5 aliphatic rings. The van der Waals surface area contributed by atoms with Crippen LogP contribution in [0.4, 0.5) is 22.4 Å². The van der Waals surface area contributed by atoms with Gasteiger partial charge in [0.1, 0.15) is 23.2 Å². The van der Waals surface area contributed by atoms with Gasteiger partial charge in [-0.1, -0.05) is 0 Å². The number of hydrogen-bond acceptors (Lipinski definition) is 10. The summed E-state index contributed by atoms with van der Waals surface area (Å²) in [5, 5.41) is 0. The molecule has 0 spiro atoms. The second-order valence-corrected chi connectivity index (χ2v) is 12.1. The molecule has 5 saturated heterocycles. The average molecular weight is 556 g/mol. The van der Waals surface area contributed by atoms with Crippen molar-refractivity contribution in [2.45, 2.75) is 64.5 Å². The van der Waals surface area contributed by atoms with Gasteiger partial charge in [0.2, 0.25) is 11.9 Å². The molecule has 0 N–H and O–H groups in total. The van der Waals surface area contributed by atoms with E-state index in [1.54, 1.807) is 23.6 Å². The van der Waals surface area contributed by atoms with Gasteiger partial charge in [-0.15, -0.1) is 0 Å². The summed E-state index contributed by atoms with van der Waals surface area (Å²) in [6, 6.07) is 1.81. The smallest absolute Gasteiger partial charge is 0.412 e. The molecule has 6 rings (SSSR count). The number of ketones is 1.